The van der Waals surface area contributed by atoms with Gasteiger partial charge >= 0.3 is 6.03 Å². The number of nitrogens with one attached hydrogen (secondary N) is 2. The summed E-state index contributed by atoms with van der Waals surface area (Å²) in [5.74, 6) is 2.27. The Morgan fingerprint density at radius 2 is 2.04 bits per heavy atom. The summed E-state index contributed by atoms with van der Waals surface area (Å²) < 4.78 is 5.57. The Morgan fingerprint density at radius 1 is 1.28 bits per heavy atom. The van der Waals surface area contributed by atoms with E-state index in [9.17, 15) is 4.79 Å². The van der Waals surface area contributed by atoms with Gasteiger partial charge in [-0.3, -0.25) is 4.90 Å². The monoisotopic (exact) mass is 341 g/mol. The molecule has 0 radical (unpaired) electrons. The minimum Gasteiger partial charge on any atom is -0.468 e. The SMILES string of the molecule is O=C(NC[C@@H](c1ccco1)N1CCCC1)Nc1cnc(C2CC2)nc1. The van der Waals surface area contributed by atoms with Crippen LogP contribution in [0.4, 0.5) is 10.5 Å². The zero-order chi connectivity index (χ0) is 17.1. The van der Waals surface area contributed by atoms with Gasteiger partial charge in [0.25, 0.3) is 0 Å². The lowest BCUT2D eigenvalue weighted by atomic mass is 10.2. The third kappa shape index (κ3) is 3.99. The average molecular weight is 341 g/mol. The third-order valence-electron chi connectivity index (χ3n) is 4.78. The lowest BCUT2D eigenvalue weighted by Gasteiger charge is -2.26. The number of nitrogens with zero attached hydrogens (tertiary/aromatic N) is 3. The Labute approximate surface area is 146 Å². The quantitative estimate of drug-likeness (QED) is 0.844. The van der Waals surface area contributed by atoms with Crippen LogP contribution in [-0.2, 0) is 0 Å². The van der Waals surface area contributed by atoms with Crippen molar-refractivity contribution < 1.29 is 9.21 Å². The summed E-state index contributed by atoms with van der Waals surface area (Å²) >= 11 is 0. The van der Waals surface area contributed by atoms with Crippen LogP contribution >= 0.6 is 0 Å². The third-order valence-corrected chi connectivity index (χ3v) is 4.78. The number of amides is 2. The van der Waals surface area contributed by atoms with Crippen molar-refractivity contribution in [2.45, 2.75) is 37.6 Å². The zero-order valence-electron chi connectivity index (χ0n) is 14.1. The summed E-state index contributed by atoms with van der Waals surface area (Å²) in [6.45, 7) is 2.57. The number of hydrogen-bond acceptors (Lipinski definition) is 5. The number of rotatable bonds is 6. The molecule has 7 heteroatoms. The molecule has 132 valence electrons. The normalized spacial score (nSPS) is 18.9. The molecule has 0 unspecified atom stereocenters. The molecule has 2 aliphatic rings. The molecule has 4 rings (SSSR count). The lowest BCUT2D eigenvalue weighted by molar-refractivity contribution is 0.207. The van der Waals surface area contributed by atoms with Crippen LogP contribution in [0.3, 0.4) is 0 Å². The summed E-state index contributed by atoms with van der Waals surface area (Å²) in [5.41, 5.74) is 0.609. The number of carbonyl (C=O) groups excluding carboxylic acids is 1. The number of carbonyl (C=O) groups is 1. The molecular weight excluding hydrogens is 318 g/mol. The first kappa shape index (κ1) is 16.1. The maximum atomic E-state index is 12.2. The fourth-order valence-electron chi connectivity index (χ4n) is 3.26. The van der Waals surface area contributed by atoms with Crippen LogP contribution in [0.1, 0.15) is 49.2 Å². The van der Waals surface area contributed by atoms with Gasteiger partial charge in [-0.15, -0.1) is 0 Å². The van der Waals surface area contributed by atoms with Gasteiger partial charge in [0.15, 0.2) is 0 Å². The predicted molar refractivity (Wildman–Crippen MR) is 93.3 cm³/mol. The first-order chi connectivity index (χ1) is 12.3. The largest absolute Gasteiger partial charge is 0.468 e. The van der Waals surface area contributed by atoms with Crippen LogP contribution < -0.4 is 10.6 Å². The van der Waals surface area contributed by atoms with Gasteiger partial charge < -0.3 is 15.1 Å². The van der Waals surface area contributed by atoms with Crippen LogP contribution in [0.25, 0.3) is 0 Å². The van der Waals surface area contributed by atoms with Crippen LogP contribution in [0.5, 0.6) is 0 Å². The number of hydrogen-bond donors (Lipinski definition) is 2. The standard InChI is InChI=1S/C18H23N5O2/c24-18(22-14-10-19-17(20-11-14)13-5-6-13)21-12-15(16-4-3-9-25-16)23-7-1-2-8-23/h3-4,9-11,13,15H,1-2,5-8,12H2,(H2,21,22,24)/t15-/m0/s1. The van der Waals surface area contributed by atoms with Crippen LogP contribution in [0.2, 0.25) is 0 Å². The second-order valence-corrected chi connectivity index (χ2v) is 6.71. The fraction of sp³-hybridized carbons (Fsp3) is 0.500. The number of furan rings is 1. The number of urea groups is 1. The number of aromatic nitrogens is 2. The molecule has 2 amide bonds. The van der Waals surface area contributed by atoms with E-state index in [1.807, 2.05) is 12.1 Å². The van der Waals surface area contributed by atoms with Gasteiger partial charge in [-0.05, 0) is 50.9 Å². The highest BCUT2D eigenvalue weighted by Crippen LogP contribution is 2.37. The Morgan fingerprint density at radius 3 is 2.68 bits per heavy atom. The minimum atomic E-state index is -0.251. The molecule has 0 aromatic carbocycles. The second-order valence-electron chi connectivity index (χ2n) is 6.71. The molecule has 0 bridgehead atoms. The van der Waals surface area contributed by atoms with Gasteiger partial charge in [-0.25, -0.2) is 14.8 Å². The average Bonchev–Trinajstić information content (AvgIpc) is 3.10. The van der Waals surface area contributed by atoms with Crippen molar-refractivity contribution in [2.24, 2.45) is 0 Å². The van der Waals surface area contributed by atoms with E-state index in [-0.39, 0.29) is 12.1 Å². The van der Waals surface area contributed by atoms with Gasteiger partial charge in [0.1, 0.15) is 11.6 Å². The summed E-state index contributed by atoms with van der Waals surface area (Å²) in [6, 6.07) is 3.67. The molecule has 1 atom stereocenters. The lowest BCUT2D eigenvalue weighted by Crippen LogP contribution is -2.38. The fourth-order valence-corrected chi connectivity index (χ4v) is 3.26. The highest BCUT2D eigenvalue weighted by atomic mass is 16.3. The first-order valence-electron chi connectivity index (χ1n) is 8.94. The highest BCUT2D eigenvalue weighted by molar-refractivity contribution is 5.88. The highest BCUT2D eigenvalue weighted by Gasteiger charge is 2.27. The van der Waals surface area contributed by atoms with Gasteiger partial charge in [-0.2, -0.15) is 0 Å². The van der Waals surface area contributed by atoms with E-state index in [0.717, 1.165) is 37.5 Å². The second kappa shape index (κ2) is 7.23. The molecule has 2 aromatic heterocycles. The molecular formula is C18H23N5O2. The van der Waals surface area contributed by atoms with Crippen molar-refractivity contribution in [2.75, 3.05) is 25.0 Å². The van der Waals surface area contributed by atoms with E-state index in [4.69, 9.17) is 4.42 Å². The molecule has 3 heterocycles. The molecule has 1 aliphatic heterocycles. The maximum Gasteiger partial charge on any atom is 0.319 e. The first-order valence-corrected chi connectivity index (χ1v) is 8.94. The zero-order valence-corrected chi connectivity index (χ0v) is 14.1. The van der Waals surface area contributed by atoms with Crippen LogP contribution in [0.15, 0.2) is 35.2 Å². The van der Waals surface area contributed by atoms with Crippen molar-refractivity contribution in [1.29, 1.82) is 0 Å². The molecule has 2 N–H and O–H groups in total. The Hall–Kier alpha value is -2.41. The summed E-state index contributed by atoms with van der Waals surface area (Å²) in [6.07, 6.45) is 9.73. The Balaban J connectivity index is 1.32. The molecule has 0 spiro atoms. The number of likely N-dealkylation sites (tertiary alicyclic amines) is 1. The van der Waals surface area contributed by atoms with Crippen LogP contribution in [-0.4, -0.2) is 40.5 Å². The minimum absolute atomic E-state index is 0.0664. The van der Waals surface area contributed by atoms with E-state index in [2.05, 4.69) is 25.5 Å². The van der Waals surface area contributed by atoms with Gasteiger partial charge in [0, 0.05) is 12.5 Å². The number of anilines is 1. The van der Waals surface area contributed by atoms with Crippen molar-refractivity contribution in [3.8, 4) is 0 Å². The van der Waals surface area contributed by atoms with Crippen molar-refractivity contribution >= 4 is 11.7 Å². The molecule has 7 nitrogen and oxygen atoms in total. The molecule has 2 fully saturated rings. The van der Waals surface area contributed by atoms with Crippen molar-refractivity contribution in [1.82, 2.24) is 20.2 Å². The molecule has 2 aromatic rings. The van der Waals surface area contributed by atoms with E-state index in [1.165, 1.54) is 12.8 Å². The van der Waals surface area contributed by atoms with Crippen LogP contribution in [0, 0.1) is 0 Å². The summed E-state index contributed by atoms with van der Waals surface area (Å²) in [4.78, 5) is 23.2. The Kier molecular flexibility index (Phi) is 4.65. The predicted octanol–water partition coefficient (Wildman–Crippen LogP) is 2.91. The molecule has 1 saturated heterocycles. The summed E-state index contributed by atoms with van der Waals surface area (Å²) in [7, 11) is 0. The topological polar surface area (TPSA) is 83.3 Å². The van der Waals surface area contributed by atoms with Gasteiger partial charge in [0.05, 0.1) is 30.4 Å². The van der Waals surface area contributed by atoms with Crippen molar-refractivity contribution in [3.05, 3.63) is 42.4 Å². The van der Waals surface area contributed by atoms with E-state index < -0.39 is 0 Å². The summed E-state index contributed by atoms with van der Waals surface area (Å²) in [5, 5.41) is 5.73. The van der Waals surface area contributed by atoms with E-state index in [0.29, 0.717) is 18.2 Å². The molecule has 1 aliphatic carbocycles. The molecule has 1 saturated carbocycles. The molecule has 25 heavy (non-hydrogen) atoms. The van der Waals surface area contributed by atoms with E-state index >= 15 is 0 Å². The van der Waals surface area contributed by atoms with E-state index in [1.54, 1.807) is 18.7 Å². The Bertz CT molecular complexity index is 691. The van der Waals surface area contributed by atoms with Gasteiger partial charge in [-0.1, -0.05) is 0 Å². The van der Waals surface area contributed by atoms with Crippen molar-refractivity contribution in [3.63, 3.8) is 0 Å². The maximum absolute atomic E-state index is 12.2. The smallest absolute Gasteiger partial charge is 0.319 e. The van der Waals surface area contributed by atoms with Gasteiger partial charge in [0.2, 0.25) is 0 Å².